The van der Waals surface area contributed by atoms with Crippen molar-refractivity contribution in [2.24, 2.45) is 5.41 Å². The number of amides is 2. The molecule has 0 saturated carbocycles. The number of phosphoric ester groups is 3. The van der Waals surface area contributed by atoms with Gasteiger partial charge in [0.1, 0.15) is 36.3 Å². The Morgan fingerprint density at radius 2 is 1.66 bits per heavy atom. The zero-order valence-electron chi connectivity index (χ0n) is 35.6. The highest BCUT2D eigenvalue weighted by Crippen LogP contribution is 2.61. The number of thioether (sulfide) groups is 1. The summed E-state index contributed by atoms with van der Waals surface area (Å²) in [6, 6.07) is 0. The van der Waals surface area contributed by atoms with Crippen molar-refractivity contribution in [3.63, 3.8) is 0 Å². The Hall–Kier alpha value is -2.74. The number of aromatic nitrogens is 4. The number of rotatable bonds is 30. The van der Waals surface area contributed by atoms with E-state index in [0.29, 0.717) is 6.42 Å². The zero-order chi connectivity index (χ0) is 47.7. The SMILES string of the molecule is CCCCC/C=C/CCCC[C@H](O)CC(=O)SCCNC(=O)CCNC(=O)C(O)C(C)(C)COP(=O)(O)OP(=O)(O)OC[C@H]1O[C@@H](n2cnc3c(N)ncnc32)[C@@H](O)[C@H]1OP(=O)(O)O. The van der Waals surface area contributed by atoms with Crippen molar-refractivity contribution in [3.8, 4) is 0 Å². The number of hydrogen-bond acceptors (Lipinski definition) is 19. The first-order valence-corrected chi connectivity index (χ1v) is 25.8. The molecule has 2 aromatic heterocycles. The van der Waals surface area contributed by atoms with E-state index in [1.165, 1.54) is 33.1 Å². The second kappa shape index (κ2) is 26.0. The molecule has 1 fully saturated rings. The van der Waals surface area contributed by atoms with Crippen LogP contribution in [0.15, 0.2) is 24.8 Å². The van der Waals surface area contributed by atoms with Gasteiger partial charge in [0.15, 0.2) is 22.8 Å². The van der Waals surface area contributed by atoms with Gasteiger partial charge in [0.25, 0.3) is 0 Å². The van der Waals surface area contributed by atoms with Crippen LogP contribution in [0, 0.1) is 5.41 Å². The van der Waals surface area contributed by atoms with Crippen LogP contribution in [0.1, 0.15) is 91.2 Å². The summed E-state index contributed by atoms with van der Waals surface area (Å²) in [6.07, 6.45) is 4.48. The minimum Gasteiger partial charge on any atom is -0.393 e. The number of anilines is 1. The van der Waals surface area contributed by atoms with Crippen LogP contribution in [0.5, 0.6) is 0 Å². The number of aliphatic hydroxyl groups is 3. The quantitative estimate of drug-likeness (QED) is 0.0304. The summed E-state index contributed by atoms with van der Waals surface area (Å²) in [6.45, 7) is 2.54. The van der Waals surface area contributed by atoms with Gasteiger partial charge in [-0.1, -0.05) is 63.9 Å². The van der Waals surface area contributed by atoms with Gasteiger partial charge in [-0.25, -0.2) is 28.6 Å². The fourth-order valence-corrected chi connectivity index (χ4v) is 9.61. The molecule has 25 nitrogen and oxygen atoms in total. The standard InChI is InChI=1S/C35H60N7O18P3S/c1-4-5-6-7-8-9-10-11-12-13-23(43)18-26(45)64-17-16-37-25(44)14-15-38-33(48)30(47)35(2,3)20-57-63(54,55)60-62(52,53)56-19-24-29(59-61(49,50)51)28(46)34(58-24)42-22-41-27-31(36)39-21-40-32(27)42/h8-9,21-24,28-30,34,43,46-47H,4-7,10-20H2,1-3H3,(H,37,44)(H,38,48)(H,52,53)(H,54,55)(H2,36,39,40)(H2,49,50,51)/b9-8+/t23-,24+,28-,29-,30?,34+/m0/s1. The predicted molar refractivity (Wildman–Crippen MR) is 229 cm³/mol. The molecule has 0 aromatic carbocycles. The highest BCUT2D eigenvalue weighted by Gasteiger charge is 2.50. The van der Waals surface area contributed by atoms with Crippen molar-refractivity contribution in [2.45, 2.75) is 122 Å². The molecule has 1 aliphatic heterocycles. The Morgan fingerprint density at radius 3 is 2.33 bits per heavy atom. The number of nitrogens with zero attached hydrogens (tertiary/aromatic N) is 4. The number of unbranched alkanes of at least 4 members (excludes halogenated alkanes) is 5. The maximum Gasteiger partial charge on any atom is 0.481 e. The number of nitrogen functional groups attached to an aromatic ring is 1. The van der Waals surface area contributed by atoms with Gasteiger partial charge in [0.2, 0.25) is 11.8 Å². The van der Waals surface area contributed by atoms with Gasteiger partial charge in [-0.2, -0.15) is 4.31 Å². The molecule has 3 heterocycles. The van der Waals surface area contributed by atoms with Crippen LogP contribution < -0.4 is 16.4 Å². The van der Waals surface area contributed by atoms with Crippen LogP contribution >= 0.6 is 35.2 Å². The highest BCUT2D eigenvalue weighted by atomic mass is 32.2. The minimum atomic E-state index is -5.59. The van der Waals surface area contributed by atoms with E-state index in [9.17, 15) is 63.0 Å². The van der Waals surface area contributed by atoms with E-state index in [4.69, 9.17) is 19.5 Å². The Balaban J connectivity index is 1.37. The first-order valence-electron chi connectivity index (χ1n) is 20.3. The number of aliphatic hydroxyl groups excluding tert-OH is 3. The number of phosphoric acid groups is 3. The molecule has 2 aromatic rings. The third kappa shape index (κ3) is 19.2. The average molecular weight is 992 g/mol. The lowest BCUT2D eigenvalue weighted by Crippen LogP contribution is -2.46. The number of allylic oxidation sites excluding steroid dienone is 2. The molecule has 29 heteroatoms. The number of fused-ring (bicyclic) bond motifs is 1. The average Bonchev–Trinajstić information content (AvgIpc) is 3.76. The molecule has 1 aliphatic rings. The molecule has 1 saturated heterocycles. The van der Waals surface area contributed by atoms with E-state index in [2.05, 4.69) is 53.5 Å². The smallest absolute Gasteiger partial charge is 0.393 e. The van der Waals surface area contributed by atoms with Gasteiger partial charge in [-0.05, 0) is 32.1 Å². The van der Waals surface area contributed by atoms with E-state index in [1.807, 2.05) is 0 Å². The Morgan fingerprint density at radius 1 is 0.984 bits per heavy atom. The number of nitrogens with one attached hydrogen (secondary N) is 2. The van der Waals surface area contributed by atoms with E-state index < -0.39 is 90.7 Å². The second-order valence-corrected chi connectivity index (χ2v) is 20.8. The summed E-state index contributed by atoms with van der Waals surface area (Å²) in [5, 5.41) is 36.4. The fourth-order valence-electron chi connectivity index (χ4n) is 6.04. The molecular formula is C35H60N7O18P3S. The van der Waals surface area contributed by atoms with E-state index in [1.54, 1.807) is 0 Å². The number of carbonyl (C=O) groups is 3. The molecule has 11 N–H and O–H groups in total. The molecule has 8 atom stereocenters. The highest BCUT2D eigenvalue weighted by molar-refractivity contribution is 8.13. The molecular weight excluding hydrogens is 931 g/mol. The van der Waals surface area contributed by atoms with Crippen LogP contribution in [-0.2, 0) is 50.7 Å². The van der Waals surface area contributed by atoms with Crippen molar-refractivity contribution in [1.82, 2.24) is 30.2 Å². The van der Waals surface area contributed by atoms with Crippen molar-refractivity contribution >= 4 is 69.1 Å². The van der Waals surface area contributed by atoms with Gasteiger partial charge < -0.3 is 56.0 Å². The van der Waals surface area contributed by atoms with E-state index in [-0.39, 0.29) is 53.8 Å². The number of imidazole rings is 1. The van der Waals surface area contributed by atoms with Crippen molar-refractivity contribution in [3.05, 3.63) is 24.8 Å². The minimum absolute atomic E-state index is 0.00730. The summed E-state index contributed by atoms with van der Waals surface area (Å²) < 4.78 is 62.3. The van der Waals surface area contributed by atoms with Crippen molar-refractivity contribution < 1.29 is 85.6 Å². The maximum atomic E-state index is 12.7. The molecule has 64 heavy (non-hydrogen) atoms. The summed E-state index contributed by atoms with van der Waals surface area (Å²) in [7, 11) is -16.4. The number of carbonyl (C=O) groups excluding carboxylic acids is 3. The van der Waals surface area contributed by atoms with Crippen LogP contribution in [0.4, 0.5) is 5.82 Å². The zero-order valence-corrected chi connectivity index (χ0v) is 39.1. The van der Waals surface area contributed by atoms with Crippen molar-refractivity contribution in [2.75, 3.05) is 37.8 Å². The Bertz CT molecular complexity index is 2010. The molecule has 3 unspecified atom stereocenters. The first-order chi connectivity index (χ1) is 29.9. The Labute approximate surface area is 373 Å². The van der Waals surface area contributed by atoms with Crippen LogP contribution in [0.3, 0.4) is 0 Å². The normalized spacial score (nSPS) is 21.1. The Kier molecular flexibility index (Phi) is 22.6. The van der Waals surface area contributed by atoms with Gasteiger partial charge in [0, 0.05) is 37.1 Å². The summed E-state index contributed by atoms with van der Waals surface area (Å²) in [4.78, 5) is 88.2. The number of nitrogens with two attached hydrogens (primary N) is 1. The third-order valence-electron chi connectivity index (χ3n) is 9.47. The molecule has 0 radical (unpaired) electrons. The molecule has 0 spiro atoms. The summed E-state index contributed by atoms with van der Waals surface area (Å²) in [5.74, 6) is -1.24. The molecule has 364 valence electrons. The lowest BCUT2D eigenvalue weighted by molar-refractivity contribution is -0.137. The third-order valence-corrected chi connectivity index (χ3v) is 13.5. The van der Waals surface area contributed by atoms with E-state index in [0.717, 1.165) is 54.7 Å². The molecule has 3 rings (SSSR count). The lowest BCUT2D eigenvalue weighted by atomic mass is 9.87. The van der Waals surface area contributed by atoms with Gasteiger partial charge in [-0.15, -0.1) is 0 Å². The predicted octanol–water partition coefficient (Wildman–Crippen LogP) is 2.11. The lowest BCUT2D eigenvalue weighted by Gasteiger charge is -2.30. The van der Waals surface area contributed by atoms with Gasteiger partial charge >= 0.3 is 23.5 Å². The number of ether oxygens (including phenoxy) is 1. The van der Waals surface area contributed by atoms with Gasteiger partial charge in [0.05, 0.1) is 25.6 Å². The largest absolute Gasteiger partial charge is 0.481 e. The summed E-state index contributed by atoms with van der Waals surface area (Å²) >= 11 is 0.984. The fraction of sp³-hybridized carbons (Fsp3) is 0.714. The van der Waals surface area contributed by atoms with Gasteiger partial charge in [-0.3, -0.25) is 32.5 Å². The molecule has 0 aliphatic carbocycles. The number of hydrogen-bond donors (Lipinski definition) is 10. The molecule has 2 amide bonds. The van der Waals surface area contributed by atoms with Crippen LogP contribution in [0.2, 0.25) is 0 Å². The van der Waals surface area contributed by atoms with Crippen LogP contribution in [0.25, 0.3) is 11.2 Å². The maximum absolute atomic E-state index is 12.7. The topological polar surface area (TPSA) is 384 Å². The second-order valence-electron chi connectivity index (χ2n) is 15.4. The summed E-state index contributed by atoms with van der Waals surface area (Å²) in [5.41, 5.74) is 4.25. The molecule has 0 bridgehead atoms. The van der Waals surface area contributed by atoms with Crippen LogP contribution in [-0.4, -0.2) is 134 Å². The van der Waals surface area contributed by atoms with Crippen molar-refractivity contribution in [1.29, 1.82) is 0 Å². The first kappa shape index (κ1) is 55.6. The monoisotopic (exact) mass is 991 g/mol. The van der Waals surface area contributed by atoms with E-state index >= 15 is 0 Å².